The zero-order valence-corrected chi connectivity index (χ0v) is 12.0. The van der Waals surface area contributed by atoms with Gasteiger partial charge in [0.1, 0.15) is 6.04 Å². The van der Waals surface area contributed by atoms with E-state index >= 15 is 0 Å². The van der Waals surface area contributed by atoms with Gasteiger partial charge < -0.3 is 9.88 Å². The number of imidazole rings is 1. The maximum Gasteiger partial charge on any atom is 0.247 e. The summed E-state index contributed by atoms with van der Waals surface area (Å²) in [6.07, 6.45) is 1.67. The summed E-state index contributed by atoms with van der Waals surface area (Å²) >= 11 is 0. The number of rotatable bonds is 3. The molecule has 0 spiro atoms. The molecule has 0 radical (unpaired) electrons. The van der Waals surface area contributed by atoms with E-state index in [1.807, 2.05) is 41.8 Å². The normalized spacial score (nSPS) is 11.8. The van der Waals surface area contributed by atoms with Crippen LogP contribution in [0.2, 0.25) is 0 Å². The Balaban J connectivity index is 1.80. The summed E-state index contributed by atoms with van der Waals surface area (Å²) in [5.74, 6) is -0.132. The van der Waals surface area contributed by atoms with Crippen LogP contribution in [0.25, 0.3) is 11.0 Å². The molecule has 2 aromatic carbocycles. The van der Waals surface area contributed by atoms with Gasteiger partial charge in [-0.15, -0.1) is 0 Å². The molecular formula is C17H14N4O. The van der Waals surface area contributed by atoms with Gasteiger partial charge in [-0.25, -0.2) is 4.98 Å². The SMILES string of the molecule is CC(C(=O)Nc1ccc(C#N)cc1)n1cnc2ccccc21. The molecule has 3 rings (SSSR count). The van der Waals surface area contributed by atoms with Gasteiger partial charge in [-0.2, -0.15) is 5.26 Å². The van der Waals surface area contributed by atoms with Crippen LogP contribution in [0.3, 0.4) is 0 Å². The molecular weight excluding hydrogens is 276 g/mol. The molecule has 5 nitrogen and oxygen atoms in total. The first-order chi connectivity index (χ1) is 10.7. The van der Waals surface area contributed by atoms with Crippen LogP contribution >= 0.6 is 0 Å². The number of aromatic nitrogens is 2. The van der Waals surface area contributed by atoms with Crippen molar-refractivity contribution >= 4 is 22.6 Å². The molecule has 108 valence electrons. The second kappa shape index (κ2) is 5.70. The van der Waals surface area contributed by atoms with Crippen LogP contribution in [0.5, 0.6) is 0 Å². The summed E-state index contributed by atoms with van der Waals surface area (Å²) in [6.45, 7) is 1.83. The second-order valence-electron chi connectivity index (χ2n) is 4.99. The summed E-state index contributed by atoms with van der Waals surface area (Å²) in [4.78, 5) is 16.7. The zero-order valence-electron chi connectivity index (χ0n) is 12.0. The van der Waals surface area contributed by atoms with Gasteiger partial charge in [0.2, 0.25) is 5.91 Å². The predicted molar refractivity (Wildman–Crippen MR) is 84.2 cm³/mol. The molecule has 0 saturated heterocycles. The van der Waals surface area contributed by atoms with E-state index in [0.717, 1.165) is 11.0 Å². The van der Waals surface area contributed by atoms with Gasteiger partial charge in [0.05, 0.1) is 29.0 Å². The van der Waals surface area contributed by atoms with Gasteiger partial charge in [0.15, 0.2) is 0 Å². The third-order valence-electron chi connectivity index (χ3n) is 3.56. The maximum atomic E-state index is 12.4. The Morgan fingerprint density at radius 3 is 2.68 bits per heavy atom. The molecule has 0 saturated carbocycles. The van der Waals surface area contributed by atoms with Crippen molar-refractivity contribution in [2.24, 2.45) is 0 Å². The minimum Gasteiger partial charge on any atom is -0.324 e. The molecule has 1 heterocycles. The Bertz CT molecular complexity index is 858. The number of hydrogen-bond donors (Lipinski definition) is 1. The lowest BCUT2D eigenvalue weighted by Crippen LogP contribution is -2.23. The Hall–Kier alpha value is -3.13. The van der Waals surface area contributed by atoms with Crippen LogP contribution in [0.4, 0.5) is 5.69 Å². The average Bonchev–Trinajstić information content (AvgIpc) is 2.99. The van der Waals surface area contributed by atoms with Crippen molar-refractivity contribution < 1.29 is 4.79 Å². The third kappa shape index (κ3) is 2.54. The molecule has 1 aromatic heterocycles. The van der Waals surface area contributed by atoms with Crippen LogP contribution in [-0.4, -0.2) is 15.5 Å². The molecule has 0 aliphatic carbocycles. The monoisotopic (exact) mass is 290 g/mol. The number of fused-ring (bicyclic) bond motifs is 1. The molecule has 0 fully saturated rings. The molecule has 0 aliphatic heterocycles. The van der Waals surface area contributed by atoms with Crippen molar-refractivity contribution in [3.05, 3.63) is 60.4 Å². The van der Waals surface area contributed by atoms with Gasteiger partial charge in [-0.05, 0) is 43.3 Å². The van der Waals surface area contributed by atoms with Crippen LogP contribution < -0.4 is 5.32 Å². The first-order valence-corrected chi connectivity index (χ1v) is 6.91. The Kier molecular flexibility index (Phi) is 3.58. The molecule has 0 bridgehead atoms. The first-order valence-electron chi connectivity index (χ1n) is 6.91. The number of amides is 1. The molecule has 22 heavy (non-hydrogen) atoms. The Labute approximate surface area is 127 Å². The largest absolute Gasteiger partial charge is 0.324 e. The van der Waals surface area contributed by atoms with E-state index in [9.17, 15) is 4.79 Å². The minimum atomic E-state index is -0.386. The zero-order chi connectivity index (χ0) is 15.5. The lowest BCUT2D eigenvalue weighted by atomic mass is 10.2. The number of anilines is 1. The summed E-state index contributed by atoms with van der Waals surface area (Å²) in [5, 5.41) is 11.6. The van der Waals surface area contributed by atoms with Gasteiger partial charge in [0.25, 0.3) is 0 Å². The number of benzene rings is 2. The van der Waals surface area contributed by atoms with E-state index in [2.05, 4.69) is 10.3 Å². The van der Waals surface area contributed by atoms with Gasteiger partial charge in [-0.1, -0.05) is 12.1 Å². The van der Waals surface area contributed by atoms with E-state index < -0.39 is 0 Å². The minimum absolute atomic E-state index is 0.132. The highest BCUT2D eigenvalue weighted by atomic mass is 16.2. The van der Waals surface area contributed by atoms with Crippen LogP contribution in [0, 0.1) is 11.3 Å². The summed E-state index contributed by atoms with van der Waals surface area (Å²) in [6, 6.07) is 16.1. The quantitative estimate of drug-likeness (QED) is 0.805. The Morgan fingerprint density at radius 1 is 1.23 bits per heavy atom. The average molecular weight is 290 g/mol. The van der Waals surface area contributed by atoms with E-state index in [1.54, 1.807) is 30.6 Å². The lowest BCUT2D eigenvalue weighted by Gasteiger charge is -2.14. The van der Waals surface area contributed by atoms with Crippen LogP contribution in [0.1, 0.15) is 18.5 Å². The summed E-state index contributed by atoms with van der Waals surface area (Å²) in [5.41, 5.74) is 3.01. The summed E-state index contributed by atoms with van der Waals surface area (Å²) in [7, 11) is 0. The van der Waals surface area contributed by atoms with E-state index in [-0.39, 0.29) is 11.9 Å². The highest BCUT2D eigenvalue weighted by Crippen LogP contribution is 2.19. The van der Waals surface area contributed by atoms with Gasteiger partial charge in [0, 0.05) is 5.69 Å². The topological polar surface area (TPSA) is 70.7 Å². The van der Waals surface area contributed by atoms with Crippen molar-refractivity contribution in [3.8, 4) is 6.07 Å². The maximum absolute atomic E-state index is 12.4. The predicted octanol–water partition coefficient (Wildman–Crippen LogP) is 3.11. The fraction of sp³-hybridized carbons (Fsp3) is 0.118. The highest BCUT2D eigenvalue weighted by Gasteiger charge is 2.17. The van der Waals surface area contributed by atoms with Crippen molar-refractivity contribution in [2.45, 2.75) is 13.0 Å². The van der Waals surface area contributed by atoms with E-state index in [4.69, 9.17) is 5.26 Å². The van der Waals surface area contributed by atoms with Crippen LogP contribution in [0.15, 0.2) is 54.9 Å². The number of nitrogens with one attached hydrogen (secondary N) is 1. The number of carbonyl (C=O) groups excluding carboxylic acids is 1. The second-order valence-corrected chi connectivity index (χ2v) is 4.99. The number of carbonyl (C=O) groups is 1. The fourth-order valence-corrected chi connectivity index (χ4v) is 2.29. The van der Waals surface area contributed by atoms with E-state index in [1.165, 1.54) is 0 Å². The summed E-state index contributed by atoms with van der Waals surface area (Å²) < 4.78 is 1.84. The molecule has 5 heteroatoms. The standard InChI is InChI=1S/C17H14N4O/c1-12(21-11-19-15-4-2-3-5-16(15)21)17(22)20-14-8-6-13(10-18)7-9-14/h2-9,11-12H,1H3,(H,20,22). The molecule has 3 aromatic rings. The number of nitrogens with zero attached hydrogens (tertiary/aromatic N) is 3. The number of para-hydroxylation sites is 2. The smallest absolute Gasteiger partial charge is 0.247 e. The van der Waals surface area contributed by atoms with Crippen molar-refractivity contribution in [3.63, 3.8) is 0 Å². The molecule has 1 N–H and O–H groups in total. The van der Waals surface area contributed by atoms with Crippen LogP contribution in [-0.2, 0) is 4.79 Å². The molecule has 1 unspecified atom stereocenters. The number of hydrogen-bond acceptors (Lipinski definition) is 3. The van der Waals surface area contributed by atoms with Crippen molar-refractivity contribution in [1.82, 2.24) is 9.55 Å². The molecule has 1 atom stereocenters. The number of nitriles is 1. The van der Waals surface area contributed by atoms with Crippen molar-refractivity contribution in [1.29, 1.82) is 5.26 Å². The van der Waals surface area contributed by atoms with Gasteiger partial charge in [-0.3, -0.25) is 4.79 Å². The third-order valence-corrected chi connectivity index (χ3v) is 3.56. The van der Waals surface area contributed by atoms with Crippen molar-refractivity contribution in [2.75, 3.05) is 5.32 Å². The van der Waals surface area contributed by atoms with Gasteiger partial charge >= 0.3 is 0 Å². The molecule has 1 amide bonds. The first kappa shape index (κ1) is 13.8. The fourth-order valence-electron chi connectivity index (χ4n) is 2.29. The Morgan fingerprint density at radius 2 is 1.95 bits per heavy atom. The lowest BCUT2D eigenvalue weighted by molar-refractivity contribution is -0.118. The highest BCUT2D eigenvalue weighted by molar-refractivity contribution is 5.94. The molecule has 0 aliphatic rings. The van der Waals surface area contributed by atoms with E-state index in [0.29, 0.717) is 11.3 Å².